The van der Waals surface area contributed by atoms with Crippen LogP contribution in [-0.4, -0.2) is 28.8 Å². The third-order valence-corrected chi connectivity index (χ3v) is 1.41. The lowest BCUT2D eigenvalue weighted by atomic mass is 10.2. The van der Waals surface area contributed by atoms with Crippen LogP contribution in [0.4, 0.5) is 0 Å². The van der Waals surface area contributed by atoms with Crippen molar-refractivity contribution in [3.8, 4) is 0 Å². The van der Waals surface area contributed by atoms with Gasteiger partial charge in [0, 0.05) is 20.3 Å². The first-order valence-electron chi connectivity index (χ1n) is 3.96. The van der Waals surface area contributed by atoms with Crippen LogP contribution in [0.5, 0.6) is 0 Å². The van der Waals surface area contributed by atoms with Crippen LogP contribution in [0.3, 0.4) is 0 Å². The molecule has 0 aromatic rings. The van der Waals surface area contributed by atoms with Crippen LogP contribution < -0.4 is 0 Å². The Morgan fingerprint density at radius 3 is 1.64 bits per heavy atom. The second-order valence-corrected chi connectivity index (χ2v) is 2.60. The number of aliphatic carboxylic acids is 1. The van der Waals surface area contributed by atoms with Gasteiger partial charge in [0.25, 0.3) is 0 Å². The molecule has 14 heavy (non-hydrogen) atoms. The Morgan fingerprint density at radius 2 is 1.50 bits per heavy atom. The van der Waals surface area contributed by atoms with Crippen molar-refractivity contribution in [3.63, 3.8) is 0 Å². The maximum absolute atomic E-state index is 10.8. The topological polar surface area (TPSA) is 89.9 Å². The number of esters is 2. The van der Waals surface area contributed by atoms with Crippen LogP contribution >= 0.6 is 0 Å². The maximum Gasteiger partial charge on any atom is 0.390 e. The molecule has 0 aliphatic rings. The van der Waals surface area contributed by atoms with Crippen molar-refractivity contribution in [3.05, 3.63) is 0 Å². The molecule has 0 saturated heterocycles. The predicted molar refractivity (Wildman–Crippen MR) is 44.2 cm³/mol. The third-order valence-electron chi connectivity index (χ3n) is 1.41. The molecule has 6 heteroatoms. The Morgan fingerprint density at radius 1 is 1.14 bits per heavy atom. The number of carboxylic acid groups (broad SMARTS) is 1. The fourth-order valence-electron chi connectivity index (χ4n) is 0.868. The van der Waals surface area contributed by atoms with E-state index in [9.17, 15) is 14.4 Å². The zero-order valence-electron chi connectivity index (χ0n) is 8.20. The van der Waals surface area contributed by atoms with Gasteiger partial charge in [0.1, 0.15) is 0 Å². The fraction of sp³-hybridized carbons (Fsp3) is 0.625. The van der Waals surface area contributed by atoms with Gasteiger partial charge in [-0.1, -0.05) is 6.92 Å². The molecule has 0 heterocycles. The first-order chi connectivity index (χ1) is 6.34. The van der Waals surface area contributed by atoms with Crippen LogP contribution in [0.2, 0.25) is 0 Å². The summed E-state index contributed by atoms with van der Waals surface area (Å²) in [5, 5.41) is 8.77. The number of hydrogen-bond acceptors (Lipinski definition) is 5. The monoisotopic (exact) mass is 204 g/mol. The zero-order valence-corrected chi connectivity index (χ0v) is 8.20. The summed E-state index contributed by atoms with van der Waals surface area (Å²) in [5.41, 5.74) is 0. The van der Waals surface area contributed by atoms with E-state index in [2.05, 4.69) is 9.47 Å². The van der Waals surface area contributed by atoms with Crippen molar-refractivity contribution in [1.29, 1.82) is 0 Å². The number of hydrogen-bond donors (Lipinski definition) is 1. The van der Waals surface area contributed by atoms with Gasteiger partial charge >= 0.3 is 23.7 Å². The minimum Gasteiger partial charge on any atom is -0.475 e. The van der Waals surface area contributed by atoms with Crippen molar-refractivity contribution in [2.75, 3.05) is 0 Å². The number of carbonyl (C=O) groups is 3. The van der Waals surface area contributed by atoms with E-state index < -0.39 is 23.7 Å². The highest BCUT2D eigenvalue weighted by atomic mass is 16.7. The Bertz CT molecular complexity index is 241. The quantitative estimate of drug-likeness (QED) is 0.523. The van der Waals surface area contributed by atoms with Crippen LogP contribution in [-0.2, 0) is 23.9 Å². The lowest BCUT2D eigenvalue weighted by molar-refractivity contribution is -0.235. The van der Waals surface area contributed by atoms with Crippen molar-refractivity contribution < 1.29 is 29.0 Å². The molecule has 0 aromatic carbocycles. The highest BCUT2D eigenvalue weighted by Gasteiger charge is 2.44. The van der Waals surface area contributed by atoms with E-state index >= 15 is 0 Å². The summed E-state index contributed by atoms with van der Waals surface area (Å²) in [6.07, 6.45) is -0.151. The predicted octanol–water partition coefficient (Wildman–Crippen LogP) is 0.303. The molecule has 0 bridgehead atoms. The smallest absolute Gasteiger partial charge is 0.390 e. The maximum atomic E-state index is 10.8. The van der Waals surface area contributed by atoms with Gasteiger partial charge in [-0.25, -0.2) is 4.79 Å². The van der Waals surface area contributed by atoms with Gasteiger partial charge in [-0.05, 0) is 0 Å². The van der Waals surface area contributed by atoms with E-state index in [4.69, 9.17) is 5.11 Å². The fourth-order valence-corrected chi connectivity index (χ4v) is 0.868. The van der Waals surface area contributed by atoms with E-state index in [-0.39, 0.29) is 6.42 Å². The molecule has 0 rings (SSSR count). The first-order valence-corrected chi connectivity index (χ1v) is 3.96. The van der Waals surface area contributed by atoms with E-state index in [1.54, 1.807) is 0 Å². The summed E-state index contributed by atoms with van der Waals surface area (Å²) in [7, 11) is 0. The first kappa shape index (κ1) is 12.4. The standard InChI is InChI=1S/C8H12O6/c1-4-8(7(11)12,13-5(2)9)14-6(3)10/h4H2,1-3H3,(H,11,12). The lowest BCUT2D eigenvalue weighted by Crippen LogP contribution is -2.46. The SMILES string of the molecule is CCC(OC(C)=O)(OC(C)=O)C(=O)O. The second-order valence-electron chi connectivity index (χ2n) is 2.60. The Hall–Kier alpha value is -1.59. The number of rotatable bonds is 4. The highest BCUT2D eigenvalue weighted by Crippen LogP contribution is 2.19. The third kappa shape index (κ3) is 3.04. The van der Waals surface area contributed by atoms with Gasteiger partial charge in [-0.15, -0.1) is 0 Å². The second kappa shape index (κ2) is 4.59. The Labute approximate surface area is 80.8 Å². The van der Waals surface area contributed by atoms with Crippen LogP contribution in [0, 0.1) is 0 Å². The molecule has 0 amide bonds. The summed E-state index contributed by atoms with van der Waals surface area (Å²) in [4.78, 5) is 32.0. The highest BCUT2D eigenvalue weighted by molar-refractivity contribution is 5.82. The summed E-state index contributed by atoms with van der Waals surface area (Å²) in [6.45, 7) is 3.51. The normalized spacial score (nSPS) is 10.5. The van der Waals surface area contributed by atoms with Gasteiger partial charge in [-0.2, -0.15) is 0 Å². The molecule has 0 aromatic heterocycles. The molecule has 0 atom stereocenters. The van der Waals surface area contributed by atoms with Crippen molar-refractivity contribution in [2.24, 2.45) is 0 Å². The molecule has 0 fully saturated rings. The van der Waals surface area contributed by atoms with E-state index in [1.807, 2.05) is 0 Å². The molecular formula is C8H12O6. The summed E-state index contributed by atoms with van der Waals surface area (Å²) < 4.78 is 8.96. The summed E-state index contributed by atoms with van der Waals surface area (Å²) >= 11 is 0. The van der Waals surface area contributed by atoms with Gasteiger partial charge in [0.2, 0.25) is 0 Å². The largest absolute Gasteiger partial charge is 0.475 e. The van der Waals surface area contributed by atoms with Gasteiger partial charge in [0.05, 0.1) is 0 Å². The van der Waals surface area contributed by atoms with Gasteiger partial charge in [-0.3, -0.25) is 9.59 Å². The van der Waals surface area contributed by atoms with Crippen molar-refractivity contribution in [2.45, 2.75) is 33.0 Å². The van der Waals surface area contributed by atoms with Crippen LogP contribution in [0.15, 0.2) is 0 Å². The molecule has 1 N–H and O–H groups in total. The van der Waals surface area contributed by atoms with Crippen LogP contribution in [0.25, 0.3) is 0 Å². The van der Waals surface area contributed by atoms with Crippen molar-refractivity contribution in [1.82, 2.24) is 0 Å². The molecule has 0 radical (unpaired) electrons. The number of carboxylic acids is 1. The Balaban J connectivity index is 4.87. The lowest BCUT2D eigenvalue weighted by Gasteiger charge is -2.26. The number of carbonyl (C=O) groups excluding carboxylic acids is 2. The van der Waals surface area contributed by atoms with Crippen LogP contribution in [0.1, 0.15) is 27.2 Å². The average Bonchev–Trinajstić information content (AvgIpc) is 2.00. The molecule has 0 spiro atoms. The van der Waals surface area contributed by atoms with Gasteiger partial charge in [0.15, 0.2) is 0 Å². The molecule has 80 valence electrons. The zero-order chi connectivity index (χ0) is 11.4. The summed E-state index contributed by atoms with van der Waals surface area (Å²) in [6, 6.07) is 0. The molecule has 0 aliphatic heterocycles. The minimum atomic E-state index is -2.20. The molecule has 0 aliphatic carbocycles. The Kier molecular flexibility index (Phi) is 4.07. The van der Waals surface area contributed by atoms with E-state index in [0.717, 1.165) is 13.8 Å². The van der Waals surface area contributed by atoms with E-state index in [0.29, 0.717) is 0 Å². The van der Waals surface area contributed by atoms with Crippen molar-refractivity contribution >= 4 is 17.9 Å². The molecule has 0 saturated carbocycles. The van der Waals surface area contributed by atoms with E-state index in [1.165, 1.54) is 6.92 Å². The number of ether oxygens (including phenoxy) is 2. The molecule has 6 nitrogen and oxygen atoms in total. The molecule has 0 unspecified atom stereocenters. The van der Waals surface area contributed by atoms with Gasteiger partial charge < -0.3 is 14.6 Å². The molecular weight excluding hydrogens is 192 g/mol. The summed E-state index contributed by atoms with van der Waals surface area (Å²) in [5.74, 6) is -5.35. The average molecular weight is 204 g/mol. The minimum absolute atomic E-state index is 0.151.